The lowest BCUT2D eigenvalue weighted by atomic mass is 10.1. The molecule has 0 radical (unpaired) electrons. The minimum atomic E-state index is -0.0994. The zero-order valence-electron chi connectivity index (χ0n) is 18.3. The minimum Gasteiger partial charge on any atom is -0.378 e. The topological polar surface area (TPSA) is 104 Å². The summed E-state index contributed by atoms with van der Waals surface area (Å²) < 4.78 is 5.40. The Morgan fingerprint density at radius 1 is 1.03 bits per heavy atom. The Morgan fingerprint density at radius 2 is 1.85 bits per heavy atom. The van der Waals surface area contributed by atoms with E-state index < -0.39 is 0 Å². The summed E-state index contributed by atoms with van der Waals surface area (Å²) in [6.45, 7) is 4.06. The first kappa shape index (κ1) is 21.3. The largest absolute Gasteiger partial charge is 0.378 e. The minimum absolute atomic E-state index is 0.0158. The lowest BCUT2D eigenvalue weighted by Gasteiger charge is -2.27. The van der Waals surface area contributed by atoms with Gasteiger partial charge in [0, 0.05) is 30.5 Å². The molecule has 3 N–H and O–H groups in total. The fourth-order valence-corrected chi connectivity index (χ4v) is 4.01. The van der Waals surface area contributed by atoms with E-state index >= 15 is 0 Å². The highest BCUT2D eigenvalue weighted by molar-refractivity contribution is 5.95. The van der Waals surface area contributed by atoms with Crippen LogP contribution in [0.25, 0.3) is 11.3 Å². The Morgan fingerprint density at radius 3 is 2.58 bits per heavy atom. The van der Waals surface area contributed by atoms with E-state index in [1.165, 1.54) is 0 Å². The number of pyridine rings is 1. The molecule has 0 spiro atoms. The van der Waals surface area contributed by atoms with Crippen molar-refractivity contribution in [2.24, 2.45) is 0 Å². The predicted octanol–water partition coefficient (Wildman–Crippen LogP) is 2.81. The second kappa shape index (κ2) is 9.93. The summed E-state index contributed by atoms with van der Waals surface area (Å²) in [6.07, 6.45) is 5.43. The molecule has 3 aromatic rings. The second-order valence-corrected chi connectivity index (χ2v) is 8.11. The first-order chi connectivity index (χ1) is 16.2. The molecule has 2 saturated heterocycles. The third-order valence-electron chi connectivity index (χ3n) is 5.82. The van der Waals surface area contributed by atoms with Crippen LogP contribution in [-0.2, 0) is 9.53 Å². The Balaban J connectivity index is 1.23. The number of benzene rings is 1. The van der Waals surface area contributed by atoms with Crippen LogP contribution in [0.15, 0.2) is 54.9 Å². The van der Waals surface area contributed by atoms with Crippen molar-refractivity contribution in [3.8, 4) is 11.3 Å². The van der Waals surface area contributed by atoms with E-state index in [1.807, 2.05) is 42.5 Å². The Hall–Kier alpha value is -3.56. The van der Waals surface area contributed by atoms with Crippen LogP contribution in [-0.4, -0.2) is 59.7 Å². The van der Waals surface area contributed by atoms with Crippen LogP contribution in [0.2, 0.25) is 0 Å². The highest BCUT2D eigenvalue weighted by Crippen LogP contribution is 2.22. The van der Waals surface area contributed by atoms with Crippen molar-refractivity contribution >= 4 is 29.0 Å². The van der Waals surface area contributed by atoms with E-state index in [2.05, 4.69) is 35.8 Å². The zero-order valence-corrected chi connectivity index (χ0v) is 18.3. The van der Waals surface area contributed by atoms with Gasteiger partial charge in [-0.3, -0.25) is 4.79 Å². The maximum Gasteiger partial charge on any atom is 0.241 e. The fourth-order valence-electron chi connectivity index (χ4n) is 4.01. The molecule has 170 valence electrons. The molecule has 1 aromatic carbocycles. The third kappa shape index (κ3) is 5.27. The van der Waals surface area contributed by atoms with Crippen molar-refractivity contribution in [2.75, 3.05) is 48.4 Å². The molecule has 0 aliphatic carbocycles. The van der Waals surface area contributed by atoms with Gasteiger partial charge in [0.1, 0.15) is 5.82 Å². The van der Waals surface area contributed by atoms with Crippen molar-refractivity contribution in [3.63, 3.8) is 0 Å². The summed E-state index contributed by atoms with van der Waals surface area (Å²) in [4.78, 5) is 28.0. The lowest BCUT2D eigenvalue weighted by molar-refractivity contribution is -0.117. The second-order valence-electron chi connectivity index (χ2n) is 8.11. The molecule has 1 amide bonds. The van der Waals surface area contributed by atoms with E-state index in [4.69, 9.17) is 4.74 Å². The van der Waals surface area contributed by atoms with Crippen molar-refractivity contribution in [3.05, 3.63) is 54.9 Å². The highest BCUT2D eigenvalue weighted by atomic mass is 16.5. The lowest BCUT2D eigenvalue weighted by Crippen LogP contribution is -2.36. The molecule has 4 heterocycles. The number of nitrogens with zero attached hydrogens (tertiary/aromatic N) is 4. The van der Waals surface area contributed by atoms with Crippen molar-refractivity contribution in [1.82, 2.24) is 20.3 Å². The van der Waals surface area contributed by atoms with Gasteiger partial charge in [0.2, 0.25) is 11.9 Å². The number of amides is 1. The maximum absolute atomic E-state index is 12.3. The molecule has 9 nitrogen and oxygen atoms in total. The Labute approximate surface area is 192 Å². The van der Waals surface area contributed by atoms with Gasteiger partial charge in [0.15, 0.2) is 0 Å². The number of hydrogen-bond donors (Lipinski definition) is 3. The number of hydrogen-bond acceptors (Lipinski definition) is 8. The average Bonchev–Trinajstić information content (AvgIpc) is 3.41. The Bertz CT molecular complexity index is 1080. The number of aromatic nitrogens is 3. The fraction of sp³-hybridized carbons (Fsp3) is 0.333. The first-order valence-electron chi connectivity index (χ1n) is 11.3. The summed E-state index contributed by atoms with van der Waals surface area (Å²) in [7, 11) is 0. The smallest absolute Gasteiger partial charge is 0.241 e. The standard InChI is InChI=1S/C24H27N7O2/c32-23(21-2-1-10-25-21)28-18-5-3-17(4-6-18)20-9-11-26-24(30-20)29-19-7-8-22(27-16-19)31-12-14-33-15-13-31/h3-9,11,16,21,25H,1-2,10,12-15H2,(H,28,32)(H,26,29,30)/t21-/m1/s1. The molecule has 2 aliphatic heterocycles. The van der Waals surface area contributed by atoms with Gasteiger partial charge < -0.3 is 25.6 Å². The number of rotatable bonds is 6. The van der Waals surface area contributed by atoms with Crippen LogP contribution in [0.4, 0.5) is 23.1 Å². The van der Waals surface area contributed by atoms with Gasteiger partial charge in [-0.15, -0.1) is 0 Å². The molecule has 33 heavy (non-hydrogen) atoms. The molecule has 1 atom stereocenters. The van der Waals surface area contributed by atoms with Gasteiger partial charge in [-0.25, -0.2) is 15.0 Å². The summed E-state index contributed by atoms with van der Waals surface area (Å²) >= 11 is 0. The third-order valence-corrected chi connectivity index (χ3v) is 5.82. The highest BCUT2D eigenvalue weighted by Gasteiger charge is 2.21. The monoisotopic (exact) mass is 445 g/mol. The summed E-state index contributed by atoms with van der Waals surface area (Å²) in [6, 6.07) is 13.4. The van der Waals surface area contributed by atoms with E-state index in [-0.39, 0.29) is 11.9 Å². The van der Waals surface area contributed by atoms with Gasteiger partial charge >= 0.3 is 0 Å². The van der Waals surface area contributed by atoms with Crippen LogP contribution in [0.1, 0.15) is 12.8 Å². The van der Waals surface area contributed by atoms with Crippen LogP contribution in [0.5, 0.6) is 0 Å². The van der Waals surface area contributed by atoms with Crippen molar-refractivity contribution < 1.29 is 9.53 Å². The van der Waals surface area contributed by atoms with Crippen molar-refractivity contribution in [1.29, 1.82) is 0 Å². The number of carbonyl (C=O) groups is 1. The molecule has 0 saturated carbocycles. The van der Waals surface area contributed by atoms with Crippen LogP contribution in [0.3, 0.4) is 0 Å². The van der Waals surface area contributed by atoms with E-state index in [0.29, 0.717) is 5.95 Å². The molecule has 5 rings (SSSR count). The van der Waals surface area contributed by atoms with Crippen LogP contribution < -0.4 is 20.9 Å². The summed E-state index contributed by atoms with van der Waals surface area (Å²) in [5.41, 5.74) is 3.33. The van der Waals surface area contributed by atoms with Gasteiger partial charge in [0.05, 0.1) is 36.8 Å². The molecule has 2 aromatic heterocycles. The van der Waals surface area contributed by atoms with Gasteiger partial charge in [-0.2, -0.15) is 0 Å². The molecule has 2 fully saturated rings. The number of carbonyl (C=O) groups excluding carboxylic acids is 1. The predicted molar refractivity (Wildman–Crippen MR) is 128 cm³/mol. The van der Waals surface area contributed by atoms with Crippen LogP contribution >= 0.6 is 0 Å². The quantitative estimate of drug-likeness (QED) is 0.532. The molecular weight excluding hydrogens is 418 g/mol. The molecular formula is C24H27N7O2. The molecule has 0 unspecified atom stereocenters. The van der Waals surface area contributed by atoms with Crippen LogP contribution in [0, 0.1) is 0 Å². The number of nitrogens with one attached hydrogen (secondary N) is 3. The maximum atomic E-state index is 12.3. The van der Waals surface area contributed by atoms with Crippen molar-refractivity contribution in [2.45, 2.75) is 18.9 Å². The number of morpholine rings is 1. The number of ether oxygens (including phenoxy) is 1. The molecule has 2 aliphatic rings. The first-order valence-corrected chi connectivity index (χ1v) is 11.3. The number of anilines is 4. The molecule has 0 bridgehead atoms. The van der Waals surface area contributed by atoms with Gasteiger partial charge in [0.25, 0.3) is 0 Å². The average molecular weight is 446 g/mol. The van der Waals surface area contributed by atoms with E-state index in [9.17, 15) is 4.79 Å². The summed E-state index contributed by atoms with van der Waals surface area (Å²) in [5, 5.41) is 9.40. The SMILES string of the molecule is O=C(Nc1ccc(-c2ccnc(Nc3ccc(N4CCOCC4)nc3)n2)cc1)[C@H]1CCCN1. The summed E-state index contributed by atoms with van der Waals surface area (Å²) in [5.74, 6) is 1.45. The van der Waals surface area contributed by atoms with E-state index in [1.54, 1.807) is 12.4 Å². The van der Waals surface area contributed by atoms with Gasteiger partial charge in [-0.1, -0.05) is 12.1 Å². The molecule has 9 heteroatoms. The Kier molecular flexibility index (Phi) is 6.41. The normalized spacial score (nSPS) is 18.2. The zero-order chi connectivity index (χ0) is 22.5. The van der Waals surface area contributed by atoms with E-state index in [0.717, 1.165) is 74.1 Å². The van der Waals surface area contributed by atoms with Gasteiger partial charge in [-0.05, 0) is 49.7 Å².